The van der Waals surface area contributed by atoms with Crippen LogP contribution >= 0.6 is 24.0 Å². The normalized spacial score (nSPS) is 14.6. The lowest BCUT2D eigenvalue weighted by Crippen LogP contribution is -2.31. The highest BCUT2D eigenvalue weighted by atomic mass is 32.2. The Kier molecular flexibility index (Phi) is 7.76. The summed E-state index contributed by atoms with van der Waals surface area (Å²) in [5, 5.41) is 2.87. The van der Waals surface area contributed by atoms with Gasteiger partial charge in [-0.05, 0) is 42.3 Å². The van der Waals surface area contributed by atoms with Gasteiger partial charge in [0.25, 0.3) is 5.91 Å². The van der Waals surface area contributed by atoms with Crippen molar-refractivity contribution in [3.05, 3.63) is 52.4 Å². The van der Waals surface area contributed by atoms with E-state index >= 15 is 0 Å². The molecule has 0 atom stereocenters. The molecule has 3 rings (SSSR count). The van der Waals surface area contributed by atoms with Crippen molar-refractivity contribution < 1.29 is 23.8 Å². The summed E-state index contributed by atoms with van der Waals surface area (Å²) in [6, 6.07) is 11.0. The molecule has 1 fully saturated rings. The van der Waals surface area contributed by atoms with Crippen LogP contribution in [0.4, 0.5) is 5.69 Å². The maximum Gasteiger partial charge on any atom is 0.266 e. The van der Waals surface area contributed by atoms with Gasteiger partial charge in [-0.25, -0.2) is 0 Å². The number of thioether (sulfide) groups is 1. The van der Waals surface area contributed by atoms with E-state index in [0.29, 0.717) is 32.0 Å². The largest absolute Gasteiger partial charge is 0.493 e. The fourth-order valence-electron chi connectivity index (χ4n) is 3.17. The number of nitrogens with zero attached hydrogens (tertiary/aromatic N) is 1. The molecular weight excluding hydrogens is 448 g/mol. The zero-order valence-corrected chi connectivity index (χ0v) is 19.9. The standard InChI is InChI=1S/C23H24N2O5S2/c1-14-7-5-6-8-16(14)24-20(26)9-10-25-22(27)19(32-23(25)31)13-15-11-17(28-2)21(30-4)18(12-15)29-3/h5-8,11-13H,9-10H2,1-4H3,(H,24,26). The first-order chi connectivity index (χ1) is 15.4. The van der Waals surface area contributed by atoms with Crippen LogP contribution in [0.2, 0.25) is 0 Å². The SMILES string of the molecule is COc1cc(C=C2SC(=S)N(CCC(=O)Nc3ccccc3C)C2=O)cc(OC)c1OC. The average Bonchev–Trinajstić information content (AvgIpc) is 3.05. The van der Waals surface area contributed by atoms with Gasteiger partial charge in [0.1, 0.15) is 4.32 Å². The number of hydrogen-bond acceptors (Lipinski definition) is 7. The van der Waals surface area contributed by atoms with Crippen molar-refractivity contribution in [1.82, 2.24) is 4.90 Å². The quantitative estimate of drug-likeness (QED) is 0.455. The van der Waals surface area contributed by atoms with Crippen molar-refractivity contribution >= 4 is 51.9 Å². The molecule has 1 aliphatic heterocycles. The van der Waals surface area contributed by atoms with Gasteiger partial charge in [0, 0.05) is 18.7 Å². The molecule has 1 saturated heterocycles. The summed E-state index contributed by atoms with van der Waals surface area (Å²) in [6.07, 6.45) is 1.86. The molecule has 1 heterocycles. The fraction of sp³-hybridized carbons (Fsp3) is 0.261. The molecule has 168 valence electrons. The van der Waals surface area contributed by atoms with Crippen LogP contribution in [0.3, 0.4) is 0 Å². The topological polar surface area (TPSA) is 77.1 Å². The predicted octanol–water partition coefficient (Wildman–Crippen LogP) is 4.25. The summed E-state index contributed by atoms with van der Waals surface area (Å²) in [5.74, 6) is 1.03. The molecule has 2 aromatic rings. The number of thiocarbonyl (C=S) groups is 1. The first kappa shape index (κ1) is 23.6. The maximum atomic E-state index is 12.9. The highest BCUT2D eigenvalue weighted by Gasteiger charge is 2.32. The van der Waals surface area contributed by atoms with Gasteiger partial charge in [0.15, 0.2) is 11.5 Å². The van der Waals surface area contributed by atoms with E-state index in [9.17, 15) is 9.59 Å². The highest BCUT2D eigenvalue weighted by Crippen LogP contribution is 2.40. The summed E-state index contributed by atoms with van der Waals surface area (Å²) in [7, 11) is 4.59. The Labute approximate surface area is 196 Å². The van der Waals surface area contributed by atoms with Crippen molar-refractivity contribution in [3.8, 4) is 17.2 Å². The third-order valence-corrected chi connectivity index (χ3v) is 6.22. The number of aryl methyl sites for hydroxylation is 1. The number of carbonyl (C=O) groups is 2. The number of amides is 2. The molecule has 0 aromatic heterocycles. The Morgan fingerprint density at radius 3 is 2.38 bits per heavy atom. The Hall–Kier alpha value is -3.04. The van der Waals surface area contributed by atoms with Crippen LogP contribution in [-0.4, -0.2) is 48.9 Å². The zero-order valence-electron chi connectivity index (χ0n) is 18.3. The van der Waals surface area contributed by atoms with Gasteiger partial charge in [0.05, 0.1) is 26.2 Å². The summed E-state index contributed by atoms with van der Waals surface area (Å²) >= 11 is 6.57. The summed E-state index contributed by atoms with van der Waals surface area (Å²) in [6.45, 7) is 2.13. The van der Waals surface area contributed by atoms with Crippen LogP contribution in [-0.2, 0) is 9.59 Å². The number of hydrogen-bond donors (Lipinski definition) is 1. The number of methoxy groups -OCH3 is 3. The van der Waals surface area contributed by atoms with Gasteiger partial charge in [0.2, 0.25) is 11.7 Å². The van der Waals surface area contributed by atoms with Crippen LogP contribution in [0.1, 0.15) is 17.5 Å². The van der Waals surface area contributed by atoms with Gasteiger partial charge in [-0.1, -0.05) is 42.2 Å². The first-order valence-corrected chi connectivity index (χ1v) is 11.0. The number of anilines is 1. The molecule has 2 amide bonds. The molecule has 0 radical (unpaired) electrons. The van der Waals surface area contributed by atoms with Crippen molar-refractivity contribution in [2.45, 2.75) is 13.3 Å². The molecule has 32 heavy (non-hydrogen) atoms. The van der Waals surface area contributed by atoms with Crippen LogP contribution in [0, 0.1) is 6.92 Å². The smallest absolute Gasteiger partial charge is 0.266 e. The second-order valence-corrected chi connectivity index (χ2v) is 8.58. The van der Waals surface area contributed by atoms with Crippen molar-refractivity contribution in [1.29, 1.82) is 0 Å². The third-order valence-electron chi connectivity index (χ3n) is 4.84. The number of carbonyl (C=O) groups excluding carboxylic acids is 2. The van der Waals surface area contributed by atoms with E-state index in [1.54, 1.807) is 18.2 Å². The second kappa shape index (κ2) is 10.5. The van der Waals surface area contributed by atoms with E-state index in [4.69, 9.17) is 26.4 Å². The van der Waals surface area contributed by atoms with Crippen LogP contribution in [0.5, 0.6) is 17.2 Å². The third kappa shape index (κ3) is 5.23. The Morgan fingerprint density at radius 2 is 1.78 bits per heavy atom. The molecular formula is C23H24N2O5S2. The minimum Gasteiger partial charge on any atom is -0.493 e. The molecule has 0 bridgehead atoms. The first-order valence-electron chi connectivity index (χ1n) is 9.78. The van der Waals surface area contributed by atoms with Gasteiger partial charge >= 0.3 is 0 Å². The number of nitrogens with one attached hydrogen (secondary N) is 1. The number of rotatable bonds is 8. The van der Waals surface area contributed by atoms with Gasteiger partial charge in [-0.3, -0.25) is 14.5 Å². The van der Waals surface area contributed by atoms with Gasteiger partial charge in [-0.2, -0.15) is 0 Å². The van der Waals surface area contributed by atoms with E-state index in [1.165, 1.54) is 38.0 Å². The summed E-state index contributed by atoms with van der Waals surface area (Å²) in [4.78, 5) is 27.2. The Morgan fingerprint density at radius 1 is 1.12 bits per heavy atom. The van der Waals surface area contributed by atoms with E-state index in [-0.39, 0.29) is 24.8 Å². The van der Waals surface area contributed by atoms with Crippen molar-refractivity contribution in [2.75, 3.05) is 33.2 Å². The van der Waals surface area contributed by atoms with E-state index in [2.05, 4.69) is 5.32 Å². The van der Waals surface area contributed by atoms with Gasteiger partial charge < -0.3 is 19.5 Å². The molecule has 7 nitrogen and oxygen atoms in total. The van der Waals surface area contributed by atoms with Crippen LogP contribution in [0.15, 0.2) is 41.3 Å². The van der Waals surface area contributed by atoms with Crippen LogP contribution < -0.4 is 19.5 Å². The summed E-state index contributed by atoms with van der Waals surface area (Å²) in [5.41, 5.74) is 2.43. The lowest BCUT2D eigenvalue weighted by molar-refractivity contribution is -0.122. The lowest BCUT2D eigenvalue weighted by atomic mass is 10.1. The predicted molar refractivity (Wildman–Crippen MR) is 130 cm³/mol. The Bertz CT molecular complexity index is 1060. The van der Waals surface area contributed by atoms with Crippen LogP contribution in [0.25, 0.3) is 6.08 Å². The average molecular weight is 473 g/mol. The Balaban J connectivity index is 1.71. The molecule has 0 aliphatic carbocycles. The lowest BCUT2D eigenvalue weighted by Gasteiger charge is -2.15. The molecule has 1 aliphatic rings. The molecule has 9 heteroatoms. The highest BCUT2D eigenvalue weighted by molar-refractivity contribution is 8.26. The van der Waals surface area contributed by atoms with Crippen molar-refractivity contribution in [2.24, 2.45) is 0 Å². The molecule has 2 aromatic carbocycles. The zero-order chi connectivity index (χ0) is 23.3. The molecule has 0 spiro atoms. The number of benzene rings is 2. The molecule has 0 unspecified atom stereocenters. The number of ether oxygens (including phenoxy) is 3. The minimum atomic E-state index is -0.238. The maximum absolute atomic E-state index is 12.9. The van der Waals surface area contributed by atoms with E-state index in [1.807, 2.05) is 31.2 Å². The monoisotopic (exact) mass is 472 g/mol. The molecule has 0 saturated carbocycles. The fourth-order valence-corrected chi connectivity index (χ4v) is 4.48. The number of para-hydroxylation sites is 1. The van der Waals surface area contributed by atoms with E-state index in [0.717, 1.165) is 11.3 Å². The van der Waals surface area contributed by atoms with Crippen molar-refractivity contribution in [3.63, 3.8) is 0 Å². The van der Waals surface area contributed by atoms with E-state index < -0.39 is 0 Å². The van der Waals surface area contributed by atoms with Gasteiger partial charge in [-0.15, -0.1) is 0 Å². The molecule has 1 N–H and O–H groups in total. The second-order valence-electron chi connectivity index (χ2n) is 6.91. The summed E-state index contributed by atoms with van der Waals surface area (Å²) < 4.78 is 16.5. The minimum absolute atomic E-state index is 0.137.